The molecule has 5 rings (SSSR count). The van der Waals surface area contributed by atoms with Gasteiger partial charge in [0, 0.05) is 35.9 Å². The maximum Gasteiger partial charge on any atom is 0.256 e. The van der Waals surface area contributed by atoms with Crippen LogP contribution in [0.25, 0.3) is 11.6 Å². The number of H-pyrrole nitrogens is 1. The number of rotatable bonds is 6. The number of nitrogens with one attached hydrogen (secondary N) is 3. The van der Waals surface area contributed by atoms with Gasteiger partial charge in [0.2, 0.25) is 0 Å². The van der Waals surface area contributed by atoms with E-state index in [1.165, 1.54) is 18.2 Å². The van der Waals surface area contributed by atoms with Crippen molar-refractivity contribution in [2.24, 2.45) is 5.92 Å². The van der Waals surface area contributed by atoms with E-state index in [2.05, 4.69) is 15.6 Å². The predicted octanol–water partition coefficient (Wildman–Crippen LogP) is 3.15. The second-order valence-corrected chi connectivity index (χ2v) is 9.42. The van der Waals surface area contributed by atoms with Gasteiger partial charge in [-0.2, -0.15) is 0 Å². The van der Waals surface area contributed by atoms with Crippen LogP contribution in [0.15, 0.2) is 18.2 Å². The minimum Gasteiger partial charge on any atom is -0.381 e. The highest BCUT2D eigenvalue weighted by molar-refractivity contribution is 6.34. The molecule has 2 fully saturated rings. The van der Waals surface area contributed by atoms with Crippen molar-refractivity contribution in [1.29, 1.82) is 0 Å². The molecule has 184 valence electrons. The second kappa shape index (κ2) is 9.39. The van der Waals surface area contributed by atoms with Gasteiger partial charge < -0.3 is 25.1 Å². The summed E-state index contributed by atoms with van der Waals surface area (Å²) < 4.78 is 24.8. The number of benzene rings is 1. The maximum atomic E-state index is 13.8. The van der Waals surface area contributed by atoms with E-state index in [1.54, 1.807) is 19.9 Å². The molecule has 9 heteroatoms. The van der Waals surface area contributed by atoms with Crippen LogP contribution in [-0.4, -0.2) is 54.5 Å². The van der Waals surface area contributed by atoms with Crippen LogP contribution in [0.5, 0.6) is 0 Å². The van der Waals surface area contributed by atoms with Crippen LogP contribution in [0.2, 0.25) is 0 Å². The fourth-order valence-corrected chi connectivity index (χ4v) is 5.07. The summed E-state index contributed by atoms with van der Waals surface area (Å²) in [4.78, 5) is 41.5. The number of halogens is 1. The van der Waals surface area contributed by atoms with Crippen molar-refractivity contribution in [3.8, 4) is 0 Å². The number of amides is 2. The number of aryl methyl sites for hydroxylation is 1. The molecule has 3 aliphatic heterocycles. The Kier molecular flexibility index (Phi) is 6.29. The van der Waals surface area contributed by atoms with Crippen molar-refractivity contribution < 1.29 is 28.2 Å². The number of hydrogen-bond donors (Lipinski definition) is 3. The maximum absolute atomic E-state index is 13.8. The summed E-state index contributed by atoms with van der Waals surface area (Å²) >= 11 is 0. The molecule has 2 aromatic rings. The van der Waals surface area contributed by atoms with Crippen LogP contribution >= 0.6 is 0 Å². The molecule has 1 aromatic carbocycles. The summed E-state index contributed by atoms with van der Waals surface area (Å²) in [6.45, 7) is 5.17. The van der Waals surface area contributed by atoms with Gasteiger partial charge in [0.1, 0.15) is 18.0 Å². The highest BCUT2D eigenvalue weighted by Crippen LogP contribution is 2.34. The van der Waals surface area contributed by atoms with Crippen LogP contribution in [0, 0.1) is 25.6 Å². The zero-order valence-electron chi connectivity index (χ0n) is 19.7. The molecule has 1 aromatic heterocycles. The van der Waals surface area contributed by atoms with Crippen molar-refractivity contribution in [1.82, 2.24) is 10.3 Å². The molecule has 0 saturated carbocycles. The lowest BCUT2D eigenvalue weighted by atomic mass is 9.98. The van der Waals surface area contributed by atoms with Crippen LogP contribution in [0.4, 0.5) is 10.1 Å². The van der Waals surface area contributed by atoms with Crippen LogP contribution in [0.1, 0.15) is 52.1 Å². The van der Waals surface area contributed by atoms with Gasteiger partial charge in [-0.05, 0) is 68.9 Å². The lowest BCUT2D eigenvalue weighted by Gasteiger charge is -2.12. The zero-order chi connectivity index (χ0) is 24.7. The van der Waals surface area contributed by atoms with E-state index in [-0.39, 0.29) is 24.2 Å². The normalized spacial score (nSPS) is 24.8. The lowest BCUT2D eigenvalue weighted by Crippen LogP contribution is -2.41. The van der Waals surface area contributed by atoms with Gasteiger partial charge in [0.05, 0.1) is 17.7 Å². The minimum atomic E-state index is -0.696. The first-order valence-corrected chi connectivity index (χ1v) is 11.9. The molecule has 3 aliphatic rings. The largest absolute Gasteiger partial charge is 0.381 e. The number of aromatic amines is 1. The van der Waals surface area contributed by atoms with Crippen molar-refractivity contribution in [3.63, 3.8) is 0 Å². The van der Waals surface area contributed by atoms with Gasteiger partial charge in [-0.3, -0.25) is 14.4 Å². The fourth-order valence-electron chi connectivity index (χ4n) is 5.07. The Bertz CT molecular complexity index is 1230. The van der Waals surface area contributed by atoms with E-state index >= 15 is 0 Å². The smallest absolute Gasteiger partial charge is 0.256 e. The molecule has 2 unspecified atom stereocenters. The Morgan fingerprint density at radius 1 is 1.23 bits per heavy atom. The topological polar surface area (TPSA) is 110 Å². The number of Topliss-reactive ketones (excluding diaryl/α,β-unsaturated/α-hetero) is 1. The molecule has 0 aliphatic carbocycles. The highest BCUT2D eigenvalue weighted by atomic mass is 19.1. The molecule has 2 saturated heterocycles. The Labute approximate surface area is 202 Å². The molecule has 35 heavy (non-hydrogen) atoms. The number of ether oxygens (including phenoxy) is 2. The summed E-state index contributed by atoms with van der Waals surface area (Å²) in [5.41, 5.74) is 3.54. The average Bonchev–Trinajstić information content (AvgIpc) is 3.58. The predicted molar refractivity (Wildman–Crippen MR) is 127 cm³/mol. The Balaban J connectivity index is 1.29. The average molecular weight is 482 g/mol. The lowest BCUT2D eigenvalue weighted by molar-refractivity contribution is -0.123. The Hall–Kier alpha value is -3.30. The molecule has 2 amide bonds. The quantitative estimate of drug-likeness (QED) is 0.549. The number of carbonyl (C=O) groups excluding carboxylic acids is 3. The van der Waals surface area contributed by atoms with Crippen molar-refractivity contribution in [3.05, 3.63) is 52.1 Å². The van der Waals surface area contributed by atoms with Crippen LogP contribution < -0.4 is 10.6 Å². The van der Waals surface area contributed by atoms with Crippen molar-refractivity contribution >= 4 is 34.9 Å². The number of carbonyl (C=O) groups is 3. The number of aromatic nitrogens is 1. The molecule has 4 heterocycles. The monoisotopic (exact) mass is 481 g/mol. The van der Waals surface area contributed by atoms with Gasteiger partial charge in [-0.25, -0.2) is 4.39 Å². The van der Waals surface area contributed by atoms with Crippen molar-refractivity contribution in [2.45, 2.75) is 45.3 Å². The number of anilines is 1. The molecular formula is C26H28FN3O5. The summed E-state index contributed by atoms with van der Waals surface area (Å²) in [7, 11) is 0. The fraction of sp³-hybridized carbons (Fsp3) is 0.423. The number of ketones is 1. The third-order valence-corrected chi connectivity index (χ3v) is 7.05. The van der Waals surface area contributed by atoms with E-state index in [0.29, 0.717) is 51.7 Å². The second-order valence-electron chi connectivity index (χ2n) is 9.42. The highest BCUT2D eigenvalue weighted by Gasteiger charge is 2.37. The third kappa shape index (κ3) is 4.53. The molecule has 8 nitrogen and oxygen atoms in total. The van der Waals surface area contributed by atoms with Gasteiger partial charge in [-0.1, -0.05) is 0 Å². The summed E-state index contributed by atoms with van der Waals surface area (Å²) in [5, 5.41) is 5.53. The molecule has 3 N–H and O–H groups in total. The van der Waals surface area contributed by atoms with Gasteiger partial charge >= 0.3 is 0 Å². The SMILES string of the molecule is Cc1[nH]c(/C=C2\C(=O)Nc3ccc(F)cc32)c(C)c1C(=O)N[C@@H]1COC(CCC2CCOC2)C1=O. The summed E-state index contributed by atoms with van der Waals surface area (Å²) in [6.07, 6.45) is 3.62. The van der Waals surface area contributed by atoms with E-state index < -0.39 is 18.0 Å². The minimum absolute atomic E-state index is 0.105. The van der Waals surface area contributed by atoms with Crippen molar-refractivity contribution in [2.75, 3.05) is 25.1 Å². The number of hydrogen-bond acceptors (Lipinski definition) is 5. The first-order chi connectivity index (χ1) is 16.8. The Morgan fingerprint density at radius 2 is 2.06 bits per heavy atom. The molecule has 0 bridgehead atoms. The number of fused-ring (bicyclic) bond motifs is 1. The van der Waals surface area contributed by atoms with E-state index in [9.17, 15) is 18.8 Å². The van der Waals surface area contributed by atoms with Gasteiger partial charge in [-0.15, -0.1) is 0 Å². The molecule has 0 radical (unpaired) electrons. The standard InChI is InChI=1S/C26H28FN3O5/c1-13-20(10-18-17-9-16(27)4-5-19(17)29-25(18)32)28-14(2)23(13)26(33)30-21-12-35-22(24(21)31)6-3-15-7-8-34-11-15/h4-5,9-10,15,21-22,28H,3,6-8,11-12H2,1-2H3,(H,29,32)(H,30,33)/b18-10-/t15?,21-,22?/m1/s1. The summed E-state index contributed by atoms with van der Waals surface area (Å²) in [5.74, 6) is -0.805. The van der Waals surface area contributed by atoms with Gasteiger partial charge in [0.15, 0.2) is 5.78 Å². The van der Waals surface area contributed by atoms with Crippen LogP contribution in [-0.2, 0) is 19.1 Å². The van der Waals surface area contributed by atoms with Crippen LogP contribution in [0.3, 0.4) is 0 Å². The third-order valence-electron chi connectivity index (χ3n) is 7.05. The molecule has 3 atom stereocenters. The van der Waals surface area contributed by atoms with Gasteiger partial charge in [0.25, 0.3) is 11.8 Å². The molecule has 0 spiro atoms. The zero-order valence-corrected chi connectivity index (χ0v) is 19.7. The Morgan fingerprint density at radius 3 is 2.83 bits per heavy atom. The van der Waals surface area contributed by atoms with E-state index in [1.807, 2.05) is 0 Å². The molecular weight excluding hydrogens is 453 g/mol. The first-order valence-electron chi connectivity index (χ1n) is 11.9. The summed E-state index contributed by atoms with van der Waals surface area (Å²) in [6, 6.07) is 3.42. The first kappa shape index (κ1) is 23.4. The van der Waals surface area contributed by atoms with E-state index in [4.69, 9.17) is 9.47 Å². The van der Waals surface area contributed by atoms with E-state index in [0.717, 1.165) is 26.1 Å².